The molecule has 0 spiro atoms. The number of alkyl halides is 1. The molecule has 2 nitrogen and oxygen atoms in total. The number of carbonyl (C=O) groups is 2. The molecule has 2 aliphatic rings. The number of ketones is 2. The van der Waals surface area contributed by atoms with Gasteiger partial charge in [0.2, 0.25) is 0 Å². The number of hydrogen-bond donors (Lipinski definition) is 0. The summed E-state index contributed by atoms with van der Waals surface area (Å²) in [6.45, 7) is 0. The maximum atomic E-state index is 13.5. The van der Waals surface area contributed by atoms with E-state index in [1.54, 1.807) is 12.1 Å². The second-order valence-corrected chi connectivity index (χ2v) is 8.17. The largest absolute Gasteiger partial charge is 0.294 e. The zero-order chi connectivity index (χ0) is 17.9. The standard InChI is InChI=1S/C23H15BrO2/c24-23-20(19(25)17-13-7-8-14-18(17)21(23)26)22(23,15-9-3-1-4-10-15)16-11-5-2-6-12-16/h1-14,20H. The lowest BCUT2D eigenvalue weighted by Crippen LogP contribution is -2.31. The third-order valence-corrected chi connectivity index (χ3v) is 7.25. The van der Waals surface area contributed by atoms with Crippen molar-refractivity contribution in [1.82, 2.24) is 0 Å². The van der Waals surface area contributed by atoms with E-state index < -0.39 is 15.7 Å². The van der Waals surface area contributed by atoms with Crippen LogP contribution in [0.3, 0.4) is 0 Å². The summed E-state index contributed by atoms with van der Waals surface area (Å²) in [5.74, 6) is -0.419. The quantitative estimate of drug-likeness (QED) is 0.576. The summed E-state index contributed by atoms with van der Waals surface area (Å²) >= 11 is 3.77. The lowest BCUT2D eigenvalue weighted by molar-refractivity contribution is 0.0893. The van der Waals surface area contributed by atoms with Crippen molar-refractivity contribution in [2.75, 3.05) is 0 Å². The topological polar surface area (TPSA) is 34.1 Å². The summed E-state index contributed by atoms with van der Waals surface area (Å²) in [7, 11) is 0. The van der Waals surface area contributed by atoms with Crippen LogP contribution in [0.1, 0.15) is 31.8 Å². The van der Waals surface area contributed by atoms with Crippen molar-refractivity contribution in [2.45, 2.75) is 9.74 Å². The Bertz CT molecular complexity index is 1000. The predicted octanol–water partition coefficient (Wildman–Crippen LogP) is 4.82. The highest BCUT2D eigenvalue weighted by Crippen LogP contribution is 2.74. The summed E-state index contributed by atoms with van der Waals surface area (Å²) in [5.41, 5.74) is 2.33. The van der Waals surface area contributed by atoms with Crippen LogP contribution in [0.25, 0.3) is 0 Å². The van der Waals surface area contributed by atoms with Gasteiger partial charge in [-0.1, -0.05) is 101 Å². The molecule has 3 aromatic carbocycles. The van der Waals surface area contributed by atoms with Crippen LogP contribution in [0.5, 0.6) is 0 Å². The van der Waals surface area contributed by atoms with Gasteiger partial charge in [-0.25, -0.2) is 0 Å². The molecule has 0 radical (unpaired) electrons. The van der Waals surface area contributed by atoms with Crippen LogP contribution in [-0.4, -0.2) is 15.9 Å². The second kappa shape index (κ2) is 5.24. The van der Waals surface area contributed by atoms with Crippen molar-refractivity contribution in [3.8, 4) is 0 Å². The molecule has 1 saturated carbocycles. The number of carbonyl (C=O) groups excluding carboxylic acids is 2. The maximum Gasteiger partial charge on any atom is 0.182 e. The first-order valence-electron chi connectivity index (χ1n) is 8.61. The van der Waals surface area contributed by atoms with Crippen LogP contribution in [0, 0.1) is 5.92 Å². The van der Waals surface area contributed by atoms with Crippen LogP contribution in [0.2, 0.25) is 0 Å². The molecule has 0 aromatic heterocycles. The SMILES string of the molecule is O=C1c2ccccc2C(=O)C2(Br)C1C2(c1ccccc1)c1ccccc1. The average Bonchev–Trinajstić information content (AvgIpc) is 3.30. The Kier molecular flexibility index (Phi) is 3.17. The van der Waals surface area contributed by atoms with E-state index in [1.165, 1.54) is 0 Å². The molecule has 5 rings (SSSR count). The Morgan fingerprint density at radius 2 is 1.12 bits per heavy atom. The Balaban J connectivity index is 1.83. The first kappa shape index (κ1) is 15.7. The van der Waals surface area contributed by atoms with Gasteiger partial charge in [0, 0.05) is 11.1 Å². The van der Waals surface area contributed by atoms with Gasteiger partial charge in [0.1, 0.15) is 4.32 Å². The minimum absolute atomic E-state index is 0.00888. The normalized spacial score (nSPS) is 25.3. The Morgan fingerprint density at radius 3 is 1.65 bits per heavy atom. The van der Waals surface area contributed by atoms with Gasteiger partial charge >= 0.3 is 0 Å². The molecule has 2 unspecified atom stereocenters. The van der Waals surface area contributed by atoms with E-state index in [4.69, 9.17) is 0 Å². The van der Waals surface area contributed by atoms with E-state index in [-0.39, 0.29) is 11.6 Å². The van der Waals surface area contributed by atoms with Crippen molar-refractivity contribution in [3.05, 3.63) is 107 Å². The molecule has 126 valence electrons. The monoisotopic (exact) mass is 402 g/mol. The molecule has 3 aromatic rings. The first-order valence-corrected chi connectivity index (χ1v) is 9.40. The van der Waals surface area contributed by atoms with Crippen LogP contribution in [-0.2, 0) is 5.41 Å². The van der Waals surface area contributed by atoms with E-state index in [0.29, 0.717) is 11.1 Å². The van der Waals surface area contributed by atoms with Gasteiger partial charge in [-0.05, 0) is 11.1 Å². The van der Waals surface area contributed by atoms with Crippen LogP contribution in [0.4, 0.5) is 0 Å². The zero-order valence-electron chi connectivity index (χ0n) is 13.9. The smallest absolute Gasteiger partial charge is 0.182 e. The van der Waals surface area contributed by atoms with Crippen molar-refractivity contribution < 1.29 is 9.59 Å². The number of Topliss-reactive ketones (excluding diaryl/α,β-unsaturated/α-hetero) is 2. The highest BCUT2D eigenvalue weighted by molar-refractivity contribution is 9.10. The van der Waals surface area contributed by atoms with E-state index in [2.05, 4.69) is 15.9 Å². The third kappa shape index (κ3) is 1.67. The summed E-state index contributed by atoms with van der Waals surface area (Å²) in [4.78, 5) is 26.9. The van der Waals surface area contributed by atoms with Crippen LogP contribution < -0.4 is 0 Å². The van der Waals surface area contributed by atoms with Gasteiger partial charge in [0.15, 0.2) is 11.6 Å². The summed E-state index contributed by atoms with van der Waals surface area (Å²) in [6.07, 6.45) is 0. The Morgan fingerprint density at radius 1 is 0.654 bits per heavy atom. The second-order valence-electron chi connectivity index (χ2n) is 6.92. The molecule has 2 aliphatic carbocycles. The van der Waals surface area contributed by atoms with Crippen molar-refractivity contribution in [1.29, 1.82) is 0 Å². The van der Waals surface area contributed by atoms with E-state index >= 15 is 0 Å². The average molecular weight is 403 g/mol. The van der Waals surface area contributed by atoms with Gasteiger partial charge in [-0.2, -0.15) is 0 Å². The molecular weight excluding hydrogens is 388 g/mol. The molecule has 0 bridgehead atoms. The van der Waals surface area contributed by atoms with Crippen molar-refractivity contribution >= 4 is 27.5 Å². The first-order chi connectivity index (χ1) is 12.6. The minimum Gasteiger partial charge on any atom is -0.294 e. The fraction of sp³-hybridized carbons (Fsp3) is 0.130. The third-order valence-electron chi connectivity index (χ3n) is 5.81. The number of rotatable bonds is 2. The number of fused-ring (bicyclic) bond motifs is 2. The molecule has 0 saturated heterocycles. The van der Waals surface area contributed by atoms with E-state index in [0.717, 1.165) is 11.1 Å². The van der Waals surface area contributed by atoms with E-state index in [9.17, 15) is 9.59 Å². The van der Waals surface area contributed by atoms with Gasteiger partial charge in [0.25, 0.3) is 0 Å². The molecule has 3 heteroatoms. The molecular formula is C23H15BrO2. The molecule has 1 fully saturated rings. The fourth-order valence-electron chi connectivity index (χ4n) is 4.70. The van der Waals surface area contributed by atoms with E-state index in [1.807, 2.05) is 72.8 Å². The molecule has 0 N–H and O–H groups in total. The molecule has 0 aliphatic heterocycles. The molecule has 0 amide bonds. The van der Waals surface area contributed by atoms with Crippen molar-refractivity contribution in [3.63, 3.8) is 0 Å². The van der Waals surface area contributed by atoms with Crippen molar-refractivity contribution in [2.24, 2.45) is 5.92 Å². The summed E-state index contributed by atoms with van der Waals surface area (Å²) in [6, 6.07) is 27.0. The lowest BCUT2D eigenvalue weighted by atomic mass is 9.83. The maximum absolute atomic E-state index is 13.5. The lowest BCUT2D eigenvalue weighted by Gasteiger charge is -2.22. The van der Waals surface area contributed by atoms with Gasteiger partial charge in [-0.15, -0.1) is 0 Å². The van der Waals surface area contributed by atoms with Gasteiger partial charge in [0.05, 0.1) is 11.3 Å². The van der Waals surface area contributed by atoms with Gasteiger partial charge < -0.3 is 0 Å². The number of benzene rings is 3. The predicted molar refractivity (Wildman–Crippen MR) is 104 cm³/mol. The summed E-state index contributed by atoms with van der Waals surface area (Å²) in [5, 5.41) is 0. The fourth-order valence-corrected chi connectivity index (χ4v) is 6.03. The highest BCUT2D eigenvalue weighted by Gasteiger charge is 2.84. The Labute approximate surface area is 160 Å². The van der Waals surface area contributed by atoms with Crippen LogP contribution in [0.15, 0.2) is 84.9 Å². The minimum atomic E-state index is -0.936. The molecule has 0 heterocycles. The van der Waals surface area contributed by atoms with Crippen LogP contribution >= 0.6 is 15.9 Å². The zero-order valence-corrected chi connectivity index (χ0v) is 15.4. The molecule has 26 heavy (non-hydrogen) atoms. The Hall–Kier alpha value is -2.52. The molecule has 2 atom stereocenters. The van der Waals surface area contributed by atoms with Gasteiger partial charge in [-0.3, -0.25) is 9.59 Å². The number of halogens is 1. The highest BCUT2D eigenvalue weighted by atomic mass is 79.9. The summed E-state index contributed by atoms with van der Waals surface area (Å²) < 4.78 is -0.936. The number of hydrogen-bond acceptors (Lipinski definition) is 2.